The van der Waals surface area contributed by atoms with Crippen LogP contribution in [-0.4, -0.2) is 4.98 Å². The SMILES string of the molecule is [Pt].[c-]1c(-c2ccccn2)ccc2c1N1c3[c-]c(C4C=CC=C[N-]4)ccc3C(c3ccccc3)(c3ccccc3)c3cccc(c31)C2(c1ccccc1)c1ccccc1. The molecule has 58 heavy (non-hydrogen) atoms. The third kappa shape index (κ3) is 5.20. The fourth-order valence-corrected chi connectivity index (χ4v) is 9.72. The summed E-state index contributed by atoms with van der Waals surface area (Å²) in [7, 11) is 0. The van der Waals surface area contributed by atoms with Crippen molar-refractivity contribution in [1.29, 1.82) is 0 Å². The van der Waals surface area contributed by atoms with Crippen molar-refractivity contribution >= 4 is 17.1 Å². The van der Waals surface area contributed by atoms with Gasteiger partial charge in [-0.3, -0.25) is 0 Å². The molecule has 0 saturated carbocycles. The third-order valence-electron chi connectivity index (χ3n) is 12.0. The maximum Gasteiger partial charge on any atom is 0.0502 e. The van der Waals surface area contributed by atoms with E-state index >= 15 is 0 Å². The van der Waals surface area contributed by atoms with Gasteiger partial charge >= 0.3 is 0 Å². The van der Waals surface area contributed by atoms with Crippen LogP contribution in [-0.2, 0) is 31.9 Å². The van der Waals surface area contributed by atoms with Crippen molar-refractivity contribution in [3.63, 3.8) is 0 Å². The second-order valence-electron chi connectivity index (χ2n) is 14.8. The van der Waals surface area contributed by atoms with E-state index in [1.54, 1.807) is 0 Å². The van der Waals surface area contributed by atoms with Crippen LogP contribution < -0.4 is 4.90 Å². The van der Waals surface area contributed by atoms with E-state index in [0.717, 1.165) is 45.0 Å². The molecule has 0 N–H and O–H groups in total. The number of aromatic nitrogens is 1. The molecule has 4 heterocycles. The predicted molar refractivity (Wildman–Crippen MR) is 230 cm³/mol. The van der Waals surface area contributed by atoms with Crippen molar-refractivity contribution in [3.8, 4) is 11.3 Å². The molecule has 0 aliphatic carbocycles. The van der Waals surface area contributed by atoms with Gasteiger partial charge in [0.25, 0.3) is 0 Å². The van der Waals surface area contributed by atoms with Gasteiger partial charge in [0.05, 0.1) is 5.69 Å². The Hall–Kier alpha value is -6.54. The average molecular weight is 922 g/mol. The van der Waals surface area contributed by atoms with E-state index in [2.05, 4.69) is 199 Å². The summed E-state index contributed by atoms with van der Waals surface area (Å²) in [4.78, 5) is 7.28. The van der Waals surface area contributed by atoms with Crippen LogP contribution in [0.15, 0.2) is 213 Å². The number of hydrogen-bond acceptors (Lipinski definition) is 2. The maximum atomic E-state index is 4.90. The molecular formula is C54H36N3Pt-3. The number of benzene rings is 7. The van der Waals surface area contributed by atoms with E-state index < -0.39 is 10.8 Å². The van der Waals surface area contributed by atoms with Gasteiger partial charge in [-0.05, 0) is 50.8 Å². The first kappa shape index (κ1) is 35.8. The Labute approximate surface area is 354 Å². The summed E-state index contributed by atoms with van der Waals surface area (Å²) >= 11 is 0. The van der Waals surface area contributed by atoms with Crippen molar-refractivity contribution in [3.05, 3.63) is 280 Å². The quantitative estimate of drug-likeness (QED) is 0.156. The molecule has 0 bridgehead atoms. The van der Waals surface area contributed by atoms with Crippen LogP contribution in [0, 0.1) is 12.1 Å². The molecule has 3 aliphatic rings. The van der Waals surface area contributed by atoms with Crippen LogP contribution in [0.4, 0.5) is 17.1 Å². The molecule has 1 aromatic heterocycles. The summed E-state index contributed by atoms with van der Waals surface area (Å²) in [6.07, 6.45) is 9.95. The van der Waals surface area contributed by atoms with E-state index in [9.17, 15) is 0 Å². The second kappa shape index (κ2) is 14.4. The normalized spacial score (nSPS) is 16.2. The largest absolute Gasteiger partial charge is 0.683 e. The number of para-hydroxylation sites is 1. The minimum atomic E-state index is -0.695. The first-order chi connectivity index (χ1) is 28.3. The third-order valence-corrected chi connectivity index (χ3v) is 12.0. The van der Waals surface area contributed by atoms with Gasteiger partial charge in [-0.25, -0.2) is 0 Å². The van der Waals surface area contributed by atoms with E-state index in [4.69, 9.17) is 10.3 Å². The van der Waals surface area contributed by atoms with E-state index in [-0.39, 0.29) is 27.1 Å². The molecule has 11 rings (SSSR count). The average Bonchev–Trinajstić information content (AvgIpc) is 3.30. The number of hydrogen-bond donors (Lipinski definition) is 0. The van der Waals surface area contributed by atoms with Crippen molar-refractivity contribution in [2.24, 2.45) is 0 Å². The Morgan fingerprint density at radius 2 is 1.00 bits per heavy atom. The molecule has 0 spiro atoms. The Morgan fingerprint density at radius 3 is 1.50 bits per heavy atom. The van der Waals surface area contributed by atoms with E-state index in [1.165, 1.54) is 33.4 Å². The van der Waals surface area contributed by atoms with Gasteiger partial charge in [0.2, 0.25) is 0 Å². The first-order valence-electron chi connectivity index (χ1n) is 19.5. The number of fused-ring (bicyclic) bond motifs is 4. The fraction of sp³-hybridized carbons (Fsp3) is 0.0556. The first-order valence-corrected chi connectivity index (χ1v) is 19.5. The van der Waals surface area contributed by atoms with Crippen LogP contribution in [0.25, 0.3) is 16.6 Å². The number of allylic oxidation sites excluding steroid dienone is 2. The van der Waals surface area contributed by atoms with Crippen LogP contribution >= 0.6 is 0 Å². The molecule has 0 saturated heterocycles. The van der Waals surface area contributed by atoms with E-state index in [0.29, 0.717) is 0 Å². The zero-order valence-electron chi connectivity index (χ0n) is 31.4. The van der Waals surface area contributed by atoms with E-state index in [1.807, 2.05) is 30.6 Å². The van der Waals surface area contributed by atoms with Crippen LogP contribution in [0.1, 0.15) is 56.1 Å². The Kier molecular flexibility index (Phi) is 8.92. The minimum Gasteiger partial charge on any atom is -0.683 e. The molecular weight excluding hydrogens is 886 g/mol. The molecule has 1 unspecified atom stereocenters. The summed E-state index contributed by atoms with van der Waals surface area (Å²) in [6.45, 7) is 0. The predicted octanol–water partition coefficient (Wildman–Crippen LogP) is 12.7. The fourth-order valence-electron chi connectivity index (χ4n) is 9.72. The summed E-state index contributed by atoms with van der Waals surface area (Å²) in [5, 5.41) is 4.90. The molecule has 0 fully saturated rings. The van der Waals surface area contributed by atoms with Crippen molar-refractivity contribution in [2.75, 3.05) is 4.90 Å². The van der Waals surface area contributed by atoms with Gasteiger partial charge < -0.3 is 15.2 Å². The van der Waals surface area contributed by atoms with Gasteiger partial charge in [-0.1, -0.05) is 187 Å². The molecule has 280 valence electrons. The zero-order valence-corrected chi connectivity index (χ0v) is 33.7. The van der Waals surface area contributed by atoms with Gasteiger partial charge in [-0.2, -0.15) is 30.0 Å². The Morgan fingerprint density at radius 1 is 0.483 bits per heavy atom. The molecule has 1 atom stereocenters. The number of anilines is 3. The Balaban J connectivity index is 0.00000408. The molecule has 0 radical (unpaired) electrons. The van der Waals surface area contributed by atoms with Crippen molar-refractivity contribution < 1.29 is 21.1 Å². The Bertz CT molecular complexity index is 2730. The van der Waals surface area contributed by atoms with Gasteiger partial charge in [-0.15, -0.1) is 29.3 Å². The van der Waals surface area contributed by atoms with Crippen molar-refractivity contribution in [2.45, 2.75) is 16.9 Å². The summed E-state index contributed by atoms with van der Waals surface area (Å²) < 4.78 is 0. The molecule has 3 aliphatic heterocycles. The number of nitrogens with zero attached hydrogens (tertiary/aromatic N) is 3. The number of pyridine rings is 1. The van der Waals surface area contributed by atoms with Crippen LogP contribution in [0.2, 0.25) is 0 Å². The summed E-state index contributed by atoms with van der Waals surface area (Å²) in [5.74, 6) is 0. The molecule has 8 aromatic rings. The smallest absolute Gasteiger partial charge is 0.0502 e. The van der Waals surface area contributed by atoms with Gasteiger partial charge in [0.15, 0.2) is 0 Å². The standard InChI is InChI=1S/C54H36N3.Pt/c1-5-18-40(19-6-1)53(41-20-7-2-8-21-41)44-32-30-38(48-28-13-15-34-55-48)36-50(44)57-51-37-39(49-29-14-16-35-56-49)31-33-45(51)54(42-22-9-3-10-23-42,43-24-11-4-12-25-43)47-27-17-26-46(53)52(47)57;/h1-35,48H;/q-3;. The van der Waals surface area contributed by atoms with Gasteiger partial charge in [0, 0.05) is 38.1 Å². The summed E-state index contributed by atoms with van der Waals surface area (Å²) in [6, 6.07) is 74.0. The minimum absolute atomic E-state index is 0. The van der Waals surface area contributed by atoms with Crippen LogP contribution in [0.5, 0.6) is 0 Å². The summed E-state index contributed by atoms with van der Waals surface area (Å²) in [5.41, 5.74) is 14.0. The monoisotopic (exact) mass is 921 g/mol. The van der Waals surface area contributed by atoms with Gasteiger partial charge in [0.1, 0.15) is 0 Å². The molecule has 3 nitrogen and oxygen atoms in total. The molecule has 4 heteroatoms. The zero-order chi connectivity index (χ0) is 37.8. The van der Waals surface area contributed by atoms with Crippen molar-refractivity contribution in [1.82, 2.24) is 4.98 Å². The van der Waals surface area contributed by atoms with Crippen LogP contribution in [0.3, 0.4) is 0 Å². The molecule has 7 aromatic carbocycles. The number of rotatable bonds is 6. The molecule has 0 amide bonds. The topological polar surface area (TPSA) is 30.2 Å². The second-order valence-corrected chi connectivity index (χ2v) is 14.8. The maximum absolute atomic E-state index is 4.90.